The number of aryl methyl sites for hydroxylation is 1. The van der Waals surface area contributed by atoms with E-state index in [2.05, 4.69) is 16.2 Å². The number of hydrazine groups is 1. The Kier molecular flexibility index (Phi) is 4.61. The lowest BCUT2D eigenvalue weighted by Gasteiger charge is -2.12. The number of hydrogen-bond donors (Lipinski definition) is 3. The average Bonchev–Trinajstić information content (AvgIpc) is 3.02. The molecule has 0 aliphatic carbocycles. The van der Waals surface area contributed by atoms with Crippen molar-refractivity contribution in [1.82, 2.24) is 10.9 Å². The molecule has 1 amide bonds. The molecule has 2 atom stereocenters. The van der Waals surface area contributed by atoms with Crippen LogP contribution in [0.25, 0.3) is 0 Å². The van der Waals surface area contributed by atoms with Gasteiger partial charge in [-0.15, -0.1) is 0 Å². The predicted molar refractivity (Wildman–Crippen MR) is 88.6 cm³/mol. The molecule has 23 heavy (non-hydrogen) atoms. The number of carbonyl (C=O) groups is 1. The number of benzene rings is 2. The molecule has 2 aromatic carbocycles. The summed E-state index contributed by atoms with van der Waals surface area (Å²) in [4.78, 5) is 12.3. The first-order valence-corrected chi connectivity index (χ1v) is 7.74. The Labute approximate surface area is 139 Å². The molecular formula is C17H17ClFN3O. The third kappa shape index (κ3) is 3.69. The Balaban J connectivity index is 1.65. The minimum absolute atomic E-state index is 0.00498. The molecule has 0 radical (unpaired) electrons. The van der Waals surface area contributed by atoms with E-state index >= 15 is 0 Å². The molecule has 6 heteroatoms. The summed E-state index contributed by atoms with van der Waals surface area (Å²) in [5.74, 6) is -0.706. The number of nitrogens with one attached hydrogen (secondary N) is 3. The van der Waals surface area contributed by atoms with Gasteiger partial charge in [0.1, 0.15) is 11.9 Å². The first-order valence-electron chi connectivity index (χ1n) is 7.36. The minimum Gasteiger partial charge on any atom is -0.322 e. The van der Waals surface area contributed by atoms with Gasteiger partial charge in [0.25, 0.3) is 0 Å². The second kappa shape index (κ2) is 6.66. The molecule has 2 aromatic rings. The molecule has 120 valence electrons. The quantitative estimate of drug-likeness (QED) is 0.807. The van der Waals surface area contributed by atoms with E-state index in [1.54, 1.807) is 12.1 Å². The normalized spacial score (nSPS) is 20.5. The summed E-state index contributed by atoms with van der Waals surface area (Å²) in [5.41, 5.74) is 8.17. The Morgan fingerprint density at radius 3 is 2.70 bits per heavy atom. The van der Waals surface area contributed by atoms with Crippen molar-refractivity contribution in [3.05, 3.63) is 64.4 Å². The Morgan fingerprint density at radius 1 is 1.22 bits per heavy atom. The maximum atomic E-state index is 13.7. The summed E-state index contributed by atoms with van der Waals surface area (Å²) in [5, 5.41) is 3.31. The molecular weight excluding hydrogens is 317 g/mol. The fraction of sp³-hybridized carbons (Fsp3) is 0.235. The molecule has 4 nitrogen and oxygen atoms in total. The molecule has 2 unspecified atom stereocenters. The van der Waals surface area contributed by atoms with Gasteiger partial charge in [-0.3, -0.25) is 4.79 Å². The monoisotopic (exact) mass is 333 g/mol. The van der Waals surface area contributed by atoms with Crippen molar-refractivity contribution in [3.63, 3.8) is 0 Å². The predicted octanol–water partition coefficient (Wildman–Crippen LogP) is 3.33. The Bertz CT molecular complexity index is 720. The van der Waals surface area contributed by atoms with E-state index in [9.17, 15) is 9.18 Å². The third-order valence-electron chi connectivity index (χ3n) is 3.87. The lowest BCUT2D eigenvalue weighted by molar-refractivity contribution is -0.117. The third-order valence-corrected chi connectivity index (χ3v) is 4.12. The van der Waals surface area contributed by atoms with Crippen LogP contribution in [0.5, 0.6) is 0 Å². The standard InChI is InChI=1S/C17H17ClFN3O/c1-10-2-7-13(19)15(8-10)20-17(23)16-9-14(21-22-16)11-3-5-12(18)6-4-11/h2-8,14,16,21-22H,9H2,1H3,(H,20,23). The molecule has 3 rings (SSSR count). The van der Waals surface area contributed by atoms with Crippen molar-refractivity contribution in [2.45, 2.75) is 25.4 Å². The number of amides is 1. The topological polar surface area (TPSA) is 53.2 Å². The molecule has 0 saturated carbocycles. The van der Waals surface area contributed by atoms with Crippen LogP contribution < -0.4 is 16.2 Å². The van der Waals surface area contributed by atoms with E-state index in [1.165, 1.54) is 6.07 Å². The Morgan fingerprint density at radius 2 is 1.96 bits per heavy atom. The van der Waals surface area contributed by atoms with Gasteiger partial charge in [-0.25, -0.2) is 15.2 Å². The van der Waals surface area contributed by atoms with Crippen LogP contribution in [0.2, 0.25) is 5.02 Å². The van der Waals surface area contributed by atoms with Crippen LogP contribution >= 0.6 is 11.6 Å². The molecule has 0 aromatic heterocycles. The SMILES string of the molecule is Cc1ccc(F)c(NC(=O)C2CC(c3ccc(Cl)cc3)NN2)c1. The van der Waals surface area contributed by atoms with Gasteiger partial charge in [0.2, 0.25) is 5.91 Å². The van der Waals surface area contributed by atoms with Crippen molar-refractivity contribution < 1.29 is 9.18 Å². The summed E-state index contributed by atoms with van der Waals surface area (Å²) in [7, 11) is 0. The van der Waals surface area contributed by atoms with Gasteiger partial charge in [-0.05, 0) is 48.7 Å². The molecule has 1 saturated heterocycles. The van der Waals surface area contributed by atoms with Gasteiger partial charge in [0, 0.05) is 11.1 Å². The van der Waals surface area contributed by atoms with Crippen LogP contribution in [0.15, 0.2) is 42.5 Å². The fourth-order valence-electron chi connectivity index (χ4n) is 2.60. The van der Waals surface area contributed by atoms with E-state index in [-0.39, 0.29) is 17.6 Å². The number of hydrogen-bond acceptors (Lipinski definition) is 3. The van der Waals surface area contributed by atoms with Crippen molar-refractivity contribution in [1.29, 1.82) is 0 Å². The van der Waals surface area contributed by atoms with Crippen molar-refractivity contribution in [2.75, 3.05) is 5.32 Å². The van der Waals surface area contributed by atoms with Gasteiger partial charge < -0.3 is 5.32 Å². The minimum atomic E-state index is -0.441. The molecule has 0 bridgehead atoms. The van der Waals surface area contributed by atoms with Gasteiger partial charge in [-0.2, -0.15) is 0 Å². The highest BCUT2D eigenvalue weighted by Crippen LogP contribution is 2.24. The summed E-state index contributed by atoms with van der Waals surface area (Å²) < 4.78 is 13.7. The van der Waals surface area contributed by atoms with Crippen LogP contribution in [0.3, 0.4) is 0 Å². The van der Waals surface area contributed by atoms with Crippen LogP contribution in [0, 0.1) is 12.7 Å². The van der Waals surface area contributed by atoms with Gasteiger partial charge in [0.15, 0.2) is 0 Å². The van der Waals surface area contributed by atoms with Crippen molar-refractivity contribution in [3.8, 4) is 0 Å². The largest absolute Gasteiger partial charge is 0.322 e. The maximum Gasteiger partial charge on any atom is 0.243 e. The second-order valence-electron chi connectivity index (χ2n) is 5.65. The highest BCUT2D eigenvalue weighted by atomic mass is 35.5. The number of carbonyl (C=O) groups excluding carboxylic acids is 1. The van der Waals surface area contributed by atoms with E-state index in [1.807, 2.05) is 31.2 Å². The lowest BCUT2D eigenvalue weighted by Crippen LogP contribution is -2.39. The summed E-state index contributed by atoms with van der Waals surface area (Å²) >= 11 is 5.88. The van der Waals surface area contributed by atoms with E-state index in [4.69, 9.17) is 11.6 Å². The zero-order chi connectivity index (χ0) is 16.4. The summed E-state index contributed by atoms with van der Waals surface area (Å²) in [6, 6.07) is 11.7. The smallest absolute Gasteiger partial charge is 0.243 e. The number of rotatable bonds is 3. The molecule has 1 heterocycles. The van der Waals surface area contributed by atoms with E-state index < -0.39 is 11.9 Å². The lowest BCUT2D eigenvalue weighted by atomic mass is 10.0. The van der Waals surface area contributed by atoms with Gasteiger partial charge in [0.05, 0.1) is 5.69 Å². The summed E-state index contributed by atoms with van der Waals surface area (Å²) in [6.07, 6.45) is 0.570. The molecule has 1 fully saturated rings. The molecule has 1 aliphatic rings. The number of anilines is 1. The zero-order valence-corrected chi connectivity index (χ0v) is 13.3. The average molecular weight is 334 g/mol. The fourth-order valence-corrected chi connectivity index (χ4v) is 2.72. The second-order valence-corrected chi connectivity index (χ2v) is 6.09. The highest BCUT2D eigenvalue weighted by molar-refractivity contribution is 6.30. The van der Waals surface area contributed by atoms with Crippen LogP contribution in [-0.4, -0.2) is 11.9 Å². The first-order chi connectivity index (χ1) is 11.0. The van der Waals surface area contributed by atoms with Gasteiger partial charge in [-0.1, -0.05) is 29.8 Å². The zero-order valence-electron chi connectivity index (χ0n) is 12.6. The van der Waals surface area contributed by atoms with Crippen molar-refractivity contribution >= 4 is 23.2 Å². The van der Waals surface area contributed by atoms with Crippen LogP contribution in [-0.2, 0) is 4.79 Å². The van der Waals surface area contributed by atoms with Crippen LogP contribution in [0.1, 0.15) is 23.6 Å². The van der Waals surface area contributed by atoms with E-state index in [0.29, 0.717) is 11.4 Å². The van der Waals surface area contributed by atoms with E-state index in [0.717, 1.165) is 11.1 Å². The highest BCUT2D eigenvalue weighted by Gasteiger charge is 2.30. The molecule has 0 spiro atoms. The molecule has 1 aliphatic heterocycles. The van der Waals surface area contributed by atoms with Crippen molar-refractivity contribution in [2.24, 2.45) is 0 Å². The Hall–Kier alpha value is -1.95. The van der Waals surface area contributed by atoms with Gasteiger partial charge >= 0.3 is 0 Å². The van der Waals surface area contributed by atoms with Crippen LogP contribution in [0.4, 0.5) is 10.1 Å². The first kappa shape index (κ1) is 15.9. The molecule has 3 N–H and O–H groups in total. The summed E-state index contributed by atoms with van der Waals surface area (Å²) in [6.45, 7) is 1.85. The number of halogens is 2. The maximum absolute atomic E-state index is 13.7.